The van der Waals surface area contributed by atoms with Crippen LogP contribution in [0.25, 0.3) is 0 Å². The molecule has 22 heavy (non-hydrogen) atoms. The molecule has 0 aliphatic heterocycles. The normalized spacial score (nSPS) is 24.6. The second-order valence-electron chi connectivity index (χ2n) is 5.40. The van der Waals surface area contributed by atoms with Gasteiger partial charge in [0.25, 0.3) is 6.10 Å². The summed E-state index contributed by atoms with van der Waals surface area (Å²) in [6.45, 7) is 3.00. The number of carbonyl (C=O) groups is 2. The van der Waals surface area contributed by atoms with E-state index in [9.17, 15) is 41.0 Å². The number of halogens is 6. The average molecular weight is 333 g/mol. The first-order valence-electron chi connectivity index (χ1n) is 5.92. The van der Waals surface area contributed by atoms with E-state index in [1.54, 1.807) is 0 Å². The van der Waals surface area contributed by atoms with E-state index in [1.165, 1.54) is 13.8 Å². The second kappa shape index (κ2) is 5.47. The van der Waals surface area contributed by atoms with Gasteiger partial charge in [0, 0.05) is 18.0 Å². The summed E-state index contributed by atoms with van der Waals surface area (Å²) < 4.78 is 76.4. The van der Waals surface area contributed by atoms with Crippen LogP contribution in [0.15, 0.2) is 12.2 Å². The van der Waals surface area contributed by atoms with Crippen molar-refractivity contribution < 1.29 is 45.8 Å². The van der Waals surface area contributed by atoms with Crippen molar-refractivity contribution in [3.05, 3.63) is 12.2 Å². The zero-order valence-electron chi connectivity index (χ0n) is 11.3. The lowest BCUT2D eigenvalue weighted by molar-refractivity contribution is -0.312. The molecule has 2 unspecified atom stereocenters. The molecule has 1 rings (SSSR count). The molecule has 0 radical (unpaired) electrons. The zero-order chi connectivity index (χ0) is 17.5. The van der Waals surface area contributed by atoms with Gasteiger partial charge in [-0.3, -0.25) is 0 Å². The van der Waals surface area contributed by atoms with Gasteiger partial charge < -0.3 is 14.6 Å². The number of hydrogen-bond acceptors (Lipinski definition) is 4. The molecule has 0 spiro atoms. The molecule has 0 aromatic carbocycles. The Morgan fingerprint density at radius 3 is 1.91 bits per heavy atom. The van der Waals surface area contributed by atoms with Crippen molar-refractivity contribution in [3.8, 4) is 0 Å². The van der Waals surface area contributed by atoms with Gasteiger partial charge in [0.1, 0.15) is 0 Å². The maximum atomic E-state index is 12.2. The predicted octanol–water partition coefficient (Wildman–Crippen LogP) is 1.60. The number of carboxylic acids is 1. The Labute approximate surface area is 120 Å². The highest BCUT2D eigenvalue weighted by molar-refractivity contribution is 5.83. The second-order valence-corrected chi connectivity index (χ2v) is 5.40. The first-order chi connectivity index (χ1) is 9.69. The molecule has 1 fully saturated rings. The van der Waals surface area contributed by atoms with Gasteiger partial charge in [-0.1, -0.05) is 19.9 Å². The quantitative estimate of drug-likeness (QED) is 0.445. The van der Waals surface area contributed by atoms with Crippen molar-refractivity contribution in [3.63, 3.8) is 0 Å². The van der Waals surface area contributed by atoms with E-state index in [2.05, 4.69) is 4.74 Å². The molecule has 0 aromatic rings. The SMILES string of the molecule is CC1(C)C(/C=C/C(=O)OC(C(F)(F)F)C(F)(F)F)C1C(=O)[O-]. The number of rotatable bonds is 4. The highest BCUT2D eigenvalue weighted by atomic mass is 19.4. The molecule has 0 bridgehead atoms. The highest BCUT2D eigenvalue weighted by Crippen LogP contribution is 2.58. The summed E-state index contributed by atoms with van der Waals surface area (Å²) in [4.78, 5) is 21.8. The third-order valence-corrected chi connectivity index (χ3v) is 3.43. The van der Waals surface area contributed by atoms with E-state index < -0.39 is 47.6 Å². The largest absolute Gasteiger partial charge is 0.550 e. The smallest absolute Gasteiger partial charge is 0.434 e. The van der Waals surface area contributed by atoms with Gasteiger partial charge in [-0.05, 0) is 11.3 Å². The number of esters is 1. The van der Waals surface area contributed by atoms with Gasteiger partial charge in [-0.2, -0.15) is 26.3 Å². The van der Waals surface area contributed by atoms with Crippen molar-refractivity contribution >= 4 is 11.9 Å². The van der Waals surface area contributed by atoms with Gasteiger partial charge in [0.15, 0.2) is 0 Å². The van der Waals surface area contributed by atoms with Crippen LogP contribution in [0.1, 0.15) is 13.8 Å². The molecule has 2 atom stereocenters. The summed E-state index contributed by atoms with van der Waals surface area (Å²) in [6, 6.07) is 0. The fourth-order valence-electron chi connectivity index (χ4n) is 2.14. The number of carbonyl (C=O) groups excluding carboxylic acids is 2. The van der Waals surface area contributed by atoms with E-state index in [4.69, 9.17) is 0 Å². The fraction of sp³-hybridized carbons (Fsp3) is 0.667. The Bertz CT molecular complexity index is 477. The number of carboxylic acid groups (broad SMARTS) is 1. The van der Waals surface area contributed by atoms with E-state index in [-0.39, 0.29) is 0 Å². The number of allylic oxidation sites excluding steroid dienone is 1. The molecule has 0 aromatic heterocycles. The fourth-order valence-corrected chi connectivity index (χ4v) is 2.14. The Balaban J connectivity index is 2.74. The molecule has 4 nitrogen and oxygen atoms in total. The number of alkyl halides is 6. The molecular weight excluding hydrogens is 322 g/mol. The first kappa shape index (κ1) is 18.3. The van der Waals surface area contributed by atoms with Crippen molar-refractivity contribution in [1.29, 1.82) is 0 Å². The summed E-state index contributed by atoms with van der Waals surface area (Å²) in [5.41, 5.74) is -0.803. The van der Waals surface area contributed by atoms with Crippen LogP contribution < -0.4 is 5.11 Å². The monoisotopic (exact) mass is 333 g/mol. The summed E-state index contributed by atoms with van der Waals surface area (Å²) >= 11 is 0. The molecule has 1 saturated carbocycles. The number of hydrogen-bond donors (Lipinski definition) is 0. The lowest BCUT2D eigenvalue weighted by Gasteiger charge is -2.22. The molecule has 126 valence electrons. The number of ether oxygens (including phenoxy) is 1. The lowest BCUT2D eigenvalue weighted by Crippen LogP contribution is -2.45. The van der Waals surface area contributed by atoms with E-state index in [0.29, 0.717) is 6.08 Å². The topological polar surface area (TPSA) is 66.4 Å². The van der Waals surface area contributed by atoms with Gasteiger partial charge in [0.2, 0.25) is 0 Å². The van der Waals surface area contributed by atoms with Crippen LogP contribution in [-0.2, 0) is 14.3 Å². The van der Waals surface area contributed by atoms with Gasteiger partial charge in [-0.25, -0.2) is 4.79 Å². The van der Waals surface area contributed by atoms with E-state index in [0.717, 1.165) is 6.08 Å². The number of aliphatic carboxylic acids is 1. The van der Waals surface area contributed by atoms with Crippen LogP contribution >= 0.6 is 0 Å². The molecule has 1 aliphatic rings. The lowest BCUT2D eigenvalue weighted by atomic mass is 10.1. The Morgan fingerprint density at radius 2 is 1.59 bits per heavy atom. The van der Waals surface area contributed by atoms with Crippen LogP contribution in [0.4, 0.5) is 26.3 Å². The average Bonchev–Trinajstić information content (AvgIpc) is 2.82. The minimum absolute atomic E-state index is 0.361. The summed E-state index contributed by atoms with van der Waals surface area (Å²) in [6.07, 6.45) is -14.6. The maximum absolute atomic E-state index is 12.2. The summed E-state index contributed by atoms with van der Waals surface area (Å²) in [5, 5.41) is 10.7. The first-order valence-corrected chi connectivity index (χ1v) is 5.92. The van der Waals surface area contributed by atoms with Gasteiger partial charge in [0.05, 0.1) is 0 Å². The van der Waals surface area contributed by atoms with Crippen LogP contribution in [0.3, 0.4) is 0 Å². The Kier molecular flexibility index (Phi) is 4.55. The zero-order valence-corrected chi connectivity index (χ0v) is 11.3. The third kappa shape index (κ3) is 3.92. The van der Waals surface area contributed by atoms with Crippen molar-refractivity contribution in [1.82, 2.24) is 0 Å². The predicted molar refractivity (Wildman–Crippen MR) is 56.9 cm³/mol. The van der Waals surface area contributed by atoms with Crippen molar-refractivity contribution in [2.24, 2.45) is 17.3 Å². The molecule has 0 heterocycles. The molecule has 0 amide bonds. The van der Waals surface area contributed by atoms with E-state index >= 15 is 0 Å². The minimum Gasteiger partial charge on any atom is -0.550 e. The van der Waals surface area contributed by atoms with E-state index in [1.807, 2.05) is 0 Å². The molecule has 0 N–H and O–H groups in total. The molecule has 1 aliphatic carbocycles. The van der Waals surface area contributed by atoms with Crippen molar-refractivity contribution in [2.45, 2.75) is 32.3 Å². The summed E-state index contributed by atoms with van der Waals surface area (Å²) in [7, 11) is 0. The maximum Gasteiger partial charge on any atom is 0.434 e. The standard InChI is InChI=1S/C12H12F6O4/c1-10(2)5(7(10)8(20)21)3-4-6(19)22-9(11(13,14)15)12(16,17)18/h3-5,7,9H,1-2H3,(H,20,21)/p-1/b4-3+. The van der Waals surface area contributed by atoms with Gasteiger partial charge in [-0.15, -0.1) is 0 Å². The molecule has 0 saturated heterocycles. The molecule has 10 heteroatoms. The van der Waals surface area contributed by atoms with Gasteiger partial charge >= 0.3 is 18.3 Å². The highest BCUT2D eigenvalue weighted by Gasteiger charge is 2.60. The Morgan fingerprint density at radius 1 is 1.14 bits per heavy atom. The van der Waals surface area contributed by atoms with Crippen LogP contribution in [0.2, 0.25) is 0 Å². The molecular formula is C12H11F6O4-. The van der Waals surface area contributed by atoms with Crippen molar-refractivity contribution in [2.75, 3.05) is 0 Å². The third-order valence-electron chi connectivity index (χ3n) is 3.43. The van der Waals surface area contributed by atoms with Crippen LogP contribution in [0.5, 0.6) is 0 Å². The summed E-state index contributed by atoms with van der Waals surface area (Å²) in [5.74, 6) is -4.99. The minimum atomic E-state index is -5.80. The Hall–Kier alpha value is -1.74. The van der Waals surface area contributed by atoms with Crippen LogP contribution in [0, 0.1) is 17.3 Å². The van der Waals surface area contributed by atoms with Crippen LogP contribution in [-0.4, -0.2) is 30.4 Å².